The molecular weight excluding hydrogens is 240 g/mol. The lowest BCUT2D eigenvalue weighted by molar-refractivity contribution is 0.274. The van der Waals surface area contributed by atoms with Crippen molar-refractivity contribution in [1.29, 1.82) is 0 Å². The molecule has 0 N–H and O–H groups in total. The van der Waals surface area contributed by atoms with E-state index < -0.39 is 0 Å². The average Bonchev–Trinajstić information content (AvgIpc) is 2.93. The molecule has 1 aromatic carbocycles. The van der Waals surface area contributed by atoms with Gasteiger partial charge in [-0.15, -0.1) is 0 Å². The molecule has 1 unspecified atom stereocenters. The van der Waals surface area contributed by atoms with Gasteiger partial charge in [-0.3, -0.25) is 4.90 Å². The number of rotatable bonds is 2. The highest BCUT2D eigenvalue weighted by Crippen LogP contribution is 2.31. The van der Waals surface area contributed by atoms with E-state index in [-0.39, 0.29) is 0 Å². The second-order valence-corrected chi connectivity index (χ2v) is 6.51. The molecule has 1 atom stereocenters. The summed E-state index contributed by atoms with van der Waals surface area (Å²) in [5.74, 6) is 2.51. The molecule has 3 rings (SSSR count). The number of nitrogens with zero attached hydrogens (tertiary/aromatic N) is 2. The molecule has 0 amide bonds. The Bertz CT molecular complexity index is 401. The second-order valence-electron chi connectivity index (χ2n) is 5.36. The van der Waals surface area contributed by atoms with Gasteiger partial charge in [0.05, 0.1) is 0 Å². The third kappa shape index (κ3) is 2.52. The number of hydrogen-bond donors (Lipinski definition) is 0. The van der Waals surface area contributed by atoms with Crippen molar-refractivity contribution >= 4 is 17.4 Å². The number of benzene rings is 1. The van der Waals surface area contributed by atoms with Crippen LogP contribution in [0.5, 0.6) is 0 Å². The summed E-state index contributed by atoms with van der Waals surface area (Å²) in [4.78, 5) is 5.03. The first-order valence-electron chi connectivity index (χ1n) is 6.97. The Labute approximate surface area is 114 Å². The van der Waals surface area contributed by atoms with Crippen LogP contribution in [0.2, 0.25) is 0 Å². The monoisotopic (exact) mass is 262 g/mol. The summed E-state index contributed by atoms with van der Waals surface area (Å²) >= 11 is 2.08. The minimum absolute atomic E-state index is 0.603. The van der Waals surface area contributed by atoms with Crippen molar-refractivity contribution in [2.45, 2.75) is 18.9 Å². The van der Waals surface area contributed by atoms with Crippen molar-refractivity contribution in [3.05, 3.63) is 29.8 Å². The van der Waals surface area contributed by atoms with Gasteiger partial charge in [0, 0.05) is 42.9 Å². The molecule has 2 aliphatic heterocycles. The van der Waals surface area contributed by atoms with Crippen LogP contribution in [-0.2, 0) is 0 Å². The van der Waals surface area contributed by atoms with Gasteiger partial charge in [-0.05, 0) is 37.6 Å². The molecule has 2 fully saturated rings. The van der Waals surface area contributed by atoms with E-state index in [4.69, 9.17) is 0 Å². The van der Waals surface area contributed by atoms with Gasteiger partial charge in [0.1, 0.15) is 0 Å². The average molecular weight is 262 g/mol. The van der Waals surface area contributed by atoms with Gasteiger partial charge in [-0.2, -0.15) is 11.8 Å². The van der Waals surface area contributed by atoms with Crippen LogP contribution in [0.25, 0.3) is 0 Å². The van der Waals surface area contributed by atoms with E-state index >= 15 is 0 Å². The molecule has 2 saturated heterocycles. The van der Waals surface area contributed by atoms with Crippen molar-refractivity contribution in [2.75, 3.05) is 43.1 Å². The van der Waals surface area contributed by atoms with Gasteiger partial charge in [0.2, 0.25) is 0 Å². The summed E-state index contributed by atoms with van der Waals surface area (Å²) in [6.45, 7) is 3.68. The van der Waals surface area contributed by atoms with Crippen LogP contribution >= 0.6 is 11.8 Å². The van der Waals surface area contributed by atoms with Gasteiger partial charge >= 0.3 is 0 Å². The molecular formula is C15H22N2S. The van der Waals surface area contributed by atoms with Gasteiger partial charge in [-0.1, -0.05) is 12.1 Å². The second kappa shape index (κ2) is 5.54. The normalized spacial score (nSPS) is 25.6. The molecule has 2 heterocycles. The molecule has 2 nitrogen and oxygen atoms in total. The first-order chi connectivity index (χ1) is 8.84. The predicted molar refractivity (Wildman–Crippen MR) is 80.6 cm³/mol. The first kappa shape index (κ1) is 12.4. The van der Waals surface area contributed by atoms with Gasteiger partial charge < -0.3 is 4.90 Å². The maximum atomic E-state index is 2.53. The fraction of sp³-hybridized carbons (Fsp3) is 0.600. The van der Waals surface area contributed by atoms with Gasteiger partial charge in [0.25, 0.3) is 0 Å². The highest BCUT2D eigenvalue weighted by atomic mass is 32.2. The molecule has 98 valence electrons. The Balaban J connectivity index is 1.81. The van der Waals surface area contributed by atoms with Crippen LogP contribution in [-0.4, -0.2) is 43.1 Å². The molecule has 0 aromatic heterocycles. The lowest BCUT2D eigenvalue weighted by Crippen LogP contribution is -2.32. The summed E-state index contributed by atoms with van der Waals surface area (Å²) in [5.41, 5.74) is 2.92. The molecule has 0 radical (unpaired) electrons. The SMILES string of the molecule is CN1CCSCC1c1cccc(N2CCCC2)c1. The molecule has 0 saturated carbocycles. The Morgan fingerprint density at radius 2 is 2.00 bits per heavy atom. The summed E-state index contributed by atoms with van der Waals surface area (Å²) in [6, 6.07) is 9.82. The predicted octanol–water partition coefficient (Wildman–Crippen LogP) is 3.01. The summed E-state index contributed by atoms with van der Waals surface area (Å²) in [7, 11) is 2.26. The molecule has 0 bridgehead atoms. The molecule has 0 spiro atoms. The van der Waals surface area contributed by atoms with Crippen LogP contribution < -0.4 is 4.90 Å². The van der Waals surface area contributed by atoms with Crippen molar-refractivity contribution < 1.29 is 0 Å². The maximum absolute atomic E-state index is 2.53. The molecule has 1 aromatic rings. The molecule has 3 heteroatoms. The Hall–Kier alpha value is -0.670. The summed E-state index contributed by atoms with van der Waals surface area (Å²) in [6.07, 6.45) is 2.70. The zero-order chi connectivity index (χ0) is 12.4. The van der Waals surface area contributed by atoms with Crippen LogP contribution in [0, 0.1) is 0 Å². The molecule has 18 heavy (non-hydrogen) atoms. The zero-order valence-corrected chi connectivity index (χ0v) is 12.0. The van der Waals surface area contributed by atoms with Crippen LogP contribution in [0.4, 0.5) is 5.69 Å². The van der Waals surface area contributed by atoms with Gasteiger partial charge in [0.15, 0.2) is 0 Å². The minimum atomic E-state index is 0.603. The third-order valence-electron chi connectivity index (χ3n) is 4.12. The van der Waals surface area contributed by atoms with E-state index in [1.54, 1.807) is 0 Å². The highest BCUT2D eigenvalue weighted by molar-refractivity contribution is 7.99. The third-order valence-corrected chi connectivity index (χ3v) is 5.14. The quantitative estimate of drug-likeness (QED) is 0.809. The van der Waals surface area contributed by atoms with E-state index in [1.807, 2.05) is 0 Å². The smallest absolute Gasteiger partial charge is 0.0436 e. The fourth-order valence-electron chi connectivity index (χ4n) is 2.94. The highest BCUT2D eigenvalue weighted by Gasteiger charge is 2.22. The fourth-order valence-corrected chi connectivity index (χ4v) is 4.20. The Morgan fingerprint density at radius 3 is 2.78 bits per heavy atom. The molecule has 0 aliphatic carbocycles. The minimum Gasteiger partial charge on any atom is -0.372 e. The maximum Gasteiger partial charge on any atom is 0.0436 e. The first-order valence-corrected chi connectivity index (χ1v) is 8.13. The summed E-state index contributed by atoms with van der Waals surface area (Å²) in [5, 5.41) is 0. The standard InChI is InChI=1S/C15H22N2S/c1-16-9-10-18-12-15(16)13-5-4-6-14(11-13)17-7-2-3-8-17/h4-6,11,15H,2-3,7-10,12H2,1H3. The number of thioether (sulfide) groups is 1. The molecule has 2 aliphatic rings. The lowest BCUT2D eigenvalue weighted by Gasteiger charge is -2.33. The van der Waals surface area contributed by atoms with Crippen LogP contribution in [0.3, 0.4) is 0 Å². The van der Waals surface area contributed by atoms with E-state index in [2.05, 4.69) is 52.9 Å². The van der Waals surface area contributed by atoms with E-state index in [0.29, 0.717) is 6.04 Å². The van der Waals surface area contributed by atoms with Crippen molar-refractivity contribution in [1.82, 2.24) is 4.90 Å². The van der Waals surface area contributed by atoms with Crippen molar-refractivity contribution in [3.63, 3.8) is 0 Å². The van der Waals surface area contributed by atoms with Crippen molar-refractivity contribution in [2.24, 2.45) is 0 Å². The van der Waals surface area contributed by atoms with E-state index in [0.717, 1.165) is 0 Å². The van der Waals surface area contributed by atoms with Crippen LogP contribution in [0.1, 0.15) is 24.4 Å². The van der Waals surface area contributed by atoms with E-state index in [9.17, 15) is 0 Å². The van der Waals surface area contributed by atoms with Crippen molar-refractivity contribution in [3.8, 4) is 0 Å². The zero-order valence-electron chi connectivity index (χ0n) is 11.1. The number of anilines is 1. The lowest BCUT2D eigenvalue weighted by atomic mass is 10.1. The van der Waals surface area contributed by atoms with Crippen LogP contribution in [0.15, 0.2) is 24.3 Å². The largest absolute Gasteiger partial charge is 0.372 e. The number of hydrogen-bond acceptors (Lipinski definition) is 3. The Morgan fingerprint density at radius 1 is 1.17 bits per heavy atom. The Kier molecular flexibility index (Phi) is 3.80. The topological polar surface area (TPSA) is 6.48 Å². The summed E-state index contributed by atoms with van der Waals surface area (Å²) < 4.78 is 0. The van der Waals surface area contributed by atoms with Gasteiger partial charge in [-0.25, -0.2) is 0 Å². The van der Waals surface area contributed by atoms with E-state index in [1.165, 1.54) is 55.2 Å².